The molecule has 6 heteroatoms. The summed E-state index contributed by atoms with van der Waals surface area (Å²) in [6.45, 7) is 0.405. The van der Waals surface area contributed by atoms with Crippen molar-refractivity contribution in [3.63, 3.8) is 0 Å². The first-order valence-corrected chi connectivity index (χ1v) is 6.03. The number of anilines is 1. The van der Waals surface area contributed by atoms with Crippen LogP contribution in [-0.4, -0.2) is 29.7 Å². The molecular weight excluding hydrogens is 291 g/mol. The third-order valence-corrected chi connectivity index (χ3v) is 3.30. The summed E-state index contributed by atoms with van der Waals surface area (Å²) in [6.07, 6.45) is -0.125. The Bertz CT molecular complexity index is 441. The van der Waals surface area contributed by atoms with Gasteiger partial charge in [-0.3, -0.25) is 4.79 Å². The highest BCUT2D eigenvalue weighted by atomic mass is 79.9. The Labute approximate surface area is 106 Å². The number of β-amino-alcohol motifs (C(OH)–C–C–N with tert-alkyl or cyclic N) is 1. The second-order valence-corrected chi connectivity index (χ2v) is 4.82. The van der Waals surface area contributed by atoms with Gasteiger partial charge in [-0.15, -0.1) is 0 Å². The lowest BCUT2D eigenvalue weighted by atomic mass is 10.2. The summed E-state index contributed by atoms with van der Waals surface area (Å²) in [7, 11) is 0. The van der Waals surface area contributed by atoms with Gasteiger partial charge in [0.15, 0.2) is 0 Å². The van der Waals surface area contributed by atoms with E-state index in [4.69, 9.17) is 0 Å². The number of aliphatic hydroxyl groups excluding tert-OH is 1. The number of carbonyl (C=O) groups excluding carboxylic acids is 1. The third kappa shape index (κ3) is 3.02. The number of halogens is 2. The molecule has 0 saturated carbocycles. The van der Waals surface area contributed by atoms with Gasteiger partial charge in [0.05, 0.1) is 17.8 Å². The lowest BCUT2D eigenvalue weighted by Gasteiger charge is -2.12. The number of benzene rings is 1. The second kappa shape index (κ2) is 5.12. The monoisotopic (exact) mass is 302 g/mol. The van der Waals surface area contributed by atoms with E-state index in [0.717, 1.165) is 0 Å². The van der Waals surface area contributed by atoms with Crippen LogP contribution in [-0.2, 0) is 4.79 Å². The van der Waals surface area contributed by atoms with Gasteiger partial charge >= 0.3 is 0 Å². The molecule has 1 fully saturated rings. The van der Waals surface area contributed by atoms with E-state index in [2.05, 4.69) is 26.6 Å². The zero-order valence-electron chi connectivity index (χ0n) is 8.91. The van der Waals surface area contributed by atoms with Crippen molar-refractivity contribution in [2.45, 2.75) is 18.6 Å². The minimum atomic E-state index is -0.498. The van der Waals surface area contributed by atoms with Gasteiger partial charge in [-0.2, -0.15) is 0 Å². The molecule has 92 valence electrons. The Morgan fingerprint density at radius 1 is 1.59 bits per heavy atom. The minimum absolute atomic E-state index is 0.271. The van der Waals surface area contributed by atoms with Gasteiger partial charge in [-0.25, -0.2) is 4.39 Å². The zero-order chi connectivity index (χ0) is 12.4. The molecule has 17 heavy (non-hydrogen) atoms. The molecule has 0 aliphatic carbocycles. The molecule has 0 spiro atoms. The van der Waals surface area contributed by atoms with E-state index in [-0.39, 0.29) is 5.91 Å². The van der Waals surface area contributed by atoms with Crippen LogP contribution >= 0.6 is 15.9 Å². The summed E-state index contributed by atoms with van der Waals surface area (Å²) in [5.74, 6) is -0.684. The van der Waals surface area contributed by atoms with Gasteiger partial charge < -0.3 is 15.7 Å². The SMILES string of the molecule is O=C(Nc1cc(F)ccc1Br)C1CC(O)CN1. The van der Waals surface area contributed by atoms with Crippen LogP contribution in [0.15, 0.2) is 22.7 Å². The predicted molar refractivity (Wildman–Crippen MR) is 65.1 cm³/mol. The first-order valence-electron chi connectivity index (χ1n) is 5.23. The molecule has 2 rings (SSSR count). The molecule has 4 nitrogen and oxygen atoms in total. The number of hydrogen-bond donors (Lipinski definition) is 3. The van der Waals surface area contributed by atoms with Crippen LogP contribution in [0.4, 0.5) is 10.1 Å². The van der Waals surface area contributed by atoms with E-state index < -0.39 is 18.0 Å². The molecule has 0 radical (unpaired) electrons. The summed E-state index contributed by atoms with van der Waals surface area (Å²) in [6, 6.07) is 3.65. The normalized spacial score (nSPS) is 23.7. The fourth-order valence-corrected chi connectivity index (χ4v) is 2.08. The number of aliphatic hydroxyl groups is 1. The molecule has 1 aromatic carbocycles. The highest BCUT2D eigenvalue weighted by molar-refractivity contribution is 9.10. The number of carbonyl (C=O) groups is 1. The Kier molecular flexibility index (Phi) is 3.76. The highest BCUT2D eigenvalue weighted by Gasteiger charge is 2.28. The third-order valence-electron chi connectivity index (χ3n) is 2.61. The van der Waals surface area contributed by atoms with Crippen molar-refractivity contribution in [1.29, 1.82) is 0 Å². The van der Waals surface area contributed by atoms with Crippen LogP contribution in [0.1, 0.15) is 6.42 Å². The van der Waals surface area contributed by atoms with Crippen LogP contribution in [0.2, 0.25) is 0 Å². The molecule has 2 atom stereocenters. The average Bonchev–Trinajstić information content (AvgIpc) is 2.70. The van der Waals surface area contributed by atoms with Crippen molar-refractivity contribution in [3.8, 4) is 0 Å². The summed E-state index contributed by atoms with van der Waals surface area (Å²) in [4.78, 5) is 11.8. The number of nitrogens with one attached hydrogen (secondary N) is 2. The van der Waals surface area contributed by atoms with E-state index >= 15 is 0 Å². The average molecular weight is 303 g/mol. The fraction of sp³-hybridized carbons (Fsp3) is 0.364. The molecule has 1 aromatic rings. The molecule has 3 N–H and O–H groups in total. The van der Waals surface area contributed by atoms with Crippen molar-refractivity contribution in [2.75, 3.05) is 11.9 Å². The molecule has 1 aliphatic rings. The van der Waals surface area contributed by atoms with Crippen LogP contribution in [0, 0.1) is 5.82 Å². The molecule has 1 heterocycles. The maximum Gasteiger partial charge on any atom is 0.241 e. The fourth-order valence-electron chi connectivity index (χ4n) is 1.73. The summed E-state index contributed by atoms with van der Waals surface area (Å²) in [5, 5.41) is 14.8. The van der Waals surface area contributed by atoms with Gasteiger partial charge in [0, 0.05) is 11.0 Å². The van der Waals surface area contributed by atoms with E-state index in [9.17, 15) is 14.3 Å². The van der Waals surface area contributed by atoms with E-state index in [1.807, 2.05) is 0 Å². The number of amides is 1. The molecule has 2 unspecified atom stereocenters. The minimum Gasteiger partial charge on any atom is -0.392 e. The second-order valence-electron chi connectivity index (χ2n) is 3.96. The first kappa shape index (κ1) is 12.5. The largest absolute Gasteiger partial charge is 0.392 e. The Hall–Kier alpha value is -0.980. The van der Waals surface area contributed by atoms with Gasteiger partial charge in [-0.05, 0) is 40.5 Å². The lowest BCUT2D eigenvalue weighted by molar-refractivity contribution is -0.117. The van der Waals surface area contributed by atoms with Crippen LogP contribution in [0.3, 0.4) is 0 Å². The summed E-state index contributed by atoms with van der Waals surface area (Å²) < 4.78 is 13.6. The highest BCUT2D eigenvalue weighted by Crippen LogP contribution is 2.23. The van der Waals surface area contributed by atoms with Crippen molar-refractivity contribution in [1.82, 2.24) is 5.32 Å². The number of rotatable bonds is 2. The van der Waals surface area contributed by atoms with E-state index in [1.165, 1.54) is 18.2 Å². The van der Waals surface area contributed by atoms with Crippen molar-refractivity contribution < 1.29 is 14.3 Å². The van der Waals surface area contributed by atoms with E-state index in [1.54, 1.807) is 0 Å². The maximum atomic E-state index is 13.0. The molecule has 1 aliphatic heterocycles. The Morgan fingerprint density at radius 3 is 3.00 bits per heavy atom. The quantitative estimate of drug-likeness (QED) is 0.770. The lowest BCUT2D eigenvalue weighted by Crippen LogP contribution is -2.35. The Morgan fingerprint density at radius 2 is 2.35 bits per heavy atom. The first-order chi connectivity index (χ1) is 8.06. The van der Waals surface area contributed by atoms with Gasteiger partial charge in [-0.1, -0.05) is 0 Å². The zero-order valence-corrected chi connectivity index (χ0v) is 10.5. The van der Waals surface area contributed by atoms with Crippen molar-refractivity contribution in [2.24, 2.45) is 0 Å². The molecule has 1 saturated heterocycles. The molecule has 1 amide bonds. The van der Waals surface area contributed by atoms with Gasteiger partial charge in [0.1, 0.15) is 5.82 Å². The van der Waals surface area contributed by atoms with Crippen LogP contribution in [0.5, 0.6) is 0 Å². The van der Waals surface area contributed by atoms with Crippen molar-refractivity contribution >= 4 is 27.5 Å². The summed E-state index contributed by atoms with van der Waals surface area (Å²) >= 11 is 3.23. The predicted octanol–water partition coefficient (Wildman–Crippen LogP) is 1.25. The smallest absolute Gasteiger partial charge is 0.241 e. The standard InChI is InChI=1S/C11H12BrFN2O2/c12-8-2-1-6(13)3-9(8)15-11(17)10-4-7(16)5-14-10/h1-3,7,10,14,16H,4-5H2,(H,15,17). The maximum absolute atomic E-state index is 13.0. The van der Waals surface area contributed by atoms with E-state index in [0.29, 0.717) is 23.1 Å². The topological polar surface area (TPSA) is 61.4 Å². The molecule has 0 aromatic heterocycles. The Balaban J connectivity index is 2.05. The van der Waals surface area contributed by atoms with Gasteiger partial charge in [0.25, 0.3) is 0 Å². The number of hydrogen-bond acceptors (Lipinski definition) is 3. The van der Waals surface area contributed by atoms with Crippen LogP contribution in [0.25, 0.3) is 0 Å². The van der Waals surface area contributed by atoms with Crippen LogP contribution < -0.4 is 10.6 Å². The summed E-state index contributed by atoms with van der Waals surface area (Å²) in [5.41, 5.74) is 0.387. The van der Waals surface area contributed by atoms with Gasteiger partial charge in [0.2, 0.25) is 5.91 Å². The molecule has 0 bridgehead atoms. The molecular formula is C11H12BrFN2O2. The van der Waals surface area contributed by atoms with Crippen molar-refractivity contribution in [3.05, 3.63) is 28.5 Å².